The molecular formula is C26H30N4O4S. The van der Waals surface area contributed by atoms with Gasteiger partial charge in [-0.3, -0.25) is 14.4 Å². The molecule has 0 radical (unpaired) electrons. The number of likely N-dealkylation sites (tertiary alicyclic amines) is 1. The van der Waals surface area contributed by atoms with Gasteiger partial charge in [0.15, 0.2) is 5.25 Å². The van der Waals surface area contributed by atoms with E-state index in [0.29, 0.717) is 39.0 Å². The van der Waals surface area contributed by atoms with Crippen LogP contribution in [0.4, 0.5) is 11.4 Å². The summed E-state index contributed by atoms with van der Waals surface area (Å²) in [6.45, 7) is 3.88. The number of thioether (sulfide) groups is 1. The molecule has 3 amide bonds. The third kappa shape index (κ3) is 4.82. The van der Waals surface area contributed by atoms with Gasteiger partial charge in [-0.1, -0.05) is 24.3 Å². The van der Waals surface area contributed by atoms with Crippen LogP contribution in [0.1, 0.15) is 12.8 Å². The lowest BCUT2D eigenvalue weighted by Gasteiger charge is -2.40. The van der Waals surface area contributed by atoms with Crippen LogP contribution >= 0.6 is 11.8 Å². The van der Waals surface area contributed by atoms with Crippen molar-refractivity contribution in [1.29, 1.82) is 0 Å². The number of anilines is 2. The third-order valence-electron chi connectivity index (χ3n) is 7.03. The van der Waals surface area contributed by atoms with Crippen molar-refractivity contribution in [2.24, 2.45) is 5.92 Å². The highest BCUT2D eigenvalue weighted by Gasteiger charge is 2.38. The number of piperidine rings is 1. The number of methoxy groups -OCH3 is 1. The van der Waals surface area contributed by atoms with Crippen molar-refractivity contribution in [3.63, 3.8) is 0 Å². The molecule has 2 aromatic carbocycles. The number of nitrogens with zero attached hydrogens (tertiary/aromatic N) is 3. The Morgan fingerprint density at radius 1 is 0.886 bits per heavy atom. The summed E-state index contributed by atoms with van der Waals surface area (Å²) in [6, 6.07) is 15.5. The molecule has 3 heterocycles. The number of benzene rings is 2. The smallest absolute Gasteiger partial charge is 0.247 e. The molecule has 1 atom stereocenters. The van der Waals surface area contributed by atoms with Gasteiger partial charge in [0.1, 0.15) is 5.75 Å². The van der Waals surface area contributed by atoms with Gasteiger partial charge in [0.05, 0.1) is 18.5 Å². The molecule has 9 heteroatoms. The number of fused-ring (bicyclic) bond motifs is 1. The number of carbonyl (C=O) groups is 3. The van der Waals surface area contributed by atoms with Crippen molar-refractivity contribution in [2.75, 3.05) is 56.6 Å². The highest BCUT2D eigenvalue weighted by atomic mass is 32.2. The van der Waals surface area contributed by atoms with E-state index < -0.39 is 5.25 Å². The van der Waals surface area contributed by atoms with Gasteiger partial charge in [0, 0.05) is 50.1 Å². The van der Waals surface area contributed by atoms with E-state index >= 15 is 0 Å². The number of hydrogen-bond acceptors (Lipinski definition) is 6. The Hall–Kier alpha value is -3.20. The molecule has 35 heavy (non-hydrogen) atoms. The van der Waals surface area contributed by atoms with E-state index in [0.717, 1.165) is 35.1 Å². The molecule has 1 N–H and O–H groups in total. The van der Waals surface area contributed by atoms with Crippen LogP contribution in [-0.4, -0.2) is 79.1 Å². The molecule has 0 spiro atoms. The van der Waals surface area contributed by atoms with Crippen LogP contribution in [0.25, 0.3) is 0 Å². The molecule has 2 aromatic rings. The van der Waals surface area contributed by atoms with E-state index in [2.05, 4.69) is 10.2 Å². The lowest BCUT2D eigenvalue weighted by molar-refractivity contribution is -0.141. The van der Waals surface area contributed by atoms with Gasteiger partial charge in [0.2, 0.25) is 17.7 Å². The molecule has 8 nitrogen and oxygen atoms in total. The number of rotatable bonds is 4. The standard InChI is InChI=1S/C26H30N4O4S/c1-34-21-8-4-3-7-20(21)28-14-16-30(17-15-28)25(32)18-10-12-29(13-11-18)26(33)23-24(31)27-19-6-2-5-9-22(19)35-23/h2-9,18,23H,10-17H2,1H3,(H,27,31). The fourth-order valence-corrected chi connectivity index (χ4v) is 6.12. The topological polar surface area (TPSA) is 82.2 Å². The highest BCUT2D eigenvalue weighted by molar-refractivity contribution is 8.01. The van der Waals surface area contributed by atoms with E-state index in [4.69, 9.17) is 4.74 Å². The maximum absolute atomic E-state index is 13.2. The Labute approximate surface area is 209 Å². The van der Waals surface area contributed by atoms with E-state index in [1.807, 2.05) is 53.4 Å². The molecule has 0 saturated carbocycles. The minimum Gasteiger partial charge on any atom is -0.495 e. The summed E-state index contributed by atoms with van der Waals surface area (Å²) in [7, 11) is 1.67. The van der Waals surface area contributed by atoms with Crippen molar-refractivity contribution in [3.8, 4) is 5.75 Å². The van der Waals surface area contributed by atoms with Crippen LogP contribution < -0.4 is 15.0 Å². The number of carbonyl (C=O) groups excluding carboxylic acids is 3. The summed E-state index contributed by atoms with van der Waals surface area (Å²) >= 11 is 1.31. The number of hydrogen-bond donors (Lipinski definition) is 1. The minimum absolute atomic E-state index is 0.0783. The average Bonchev–Trinajstić information content (AvgIpc) is 2.92. The Morgan fingerprint density at radius 3 is 2.29 bits per heavy atom. The predicted molar refractivity (Wildman–Crippen MR) is 136 cm³/mol. The Kier molecular flexibility index (Phi) is 6.86. The molecule has 3 aliphatic rings. The molecule has 2 saturated heterocycles. The molecule has 5 rings (SSSR count). The number of piperazine rings is 1. The van der Waals surface area contributed by atoms with E-state index in [-0.39, 0.29) is 23.6 Å². The molecule has 0 bridgehead atoms. The number of ether oxygens (including phenoxy) is 1. The summed E-state index contributed by atoms with van der Waals surface area (Å²) in [4.78, 5) is 45.7. The molecule has 3 aliphatic heterocycles. The number of para-hydroxylation sites is 3. The summed E-state index contributed by atoms with van der Waals surface area (Å²) in [5, 5.41) is 2.07. The van der Waals surface area contributed by atoms with E-state index in [1.54, 1.807) is 12.0 Å². The first-order valence-electron chi connectivity index (χ1n) is 12.1. The number of nitrogens with one attached hydrogen (secondary N) is 1. The summed E-state index contributed by atoms with van der Waals surface area (Å²) in [5.41, 5.74) is 1.81. The Bertz CT molecular complexity index is 1110. The highest BCUT2D eigenvalue weighted by Crippen LogP contribution is 2.36. The zero-order valence-corrected chi connectivity index (χ0v) is 20.6. The molecule has 0 aromatic heterocycles. The maximum atomic E-state index is 13.2. The summed E-state index contributed by atoms with van der Waals surface area (Å²) in [6.07, 6.45) is 1.26. The summed E-state index contributed by atoms with van der Waals surface area (Å²) < 4.78 is 5.48. The second-order valence-corrected chi connectivity index (χ2v) is 10.2. The number of amides is 3. The van der Waals surface area contributed by atoms with Gasteiger partial charge in [-0.15, -0.1) is 11.8 Å². The normalized spacial score (nSPS) is 20.8. The molecular weight excluding hydrogens is 464 g/mol. The van der Waals surface area contributed by atoms with Crippen molar-refractivity contribution in [3.05, 3.63) is 48.5 Å². The Morgan fingerprint density at radius 2 is 1.54 bits per heavy atom. The molecule has 2 fully saturated rings. The minimum atomic E-state index is -0.778. The van der Waals surface area contributed by atoms with Crippen LogP contribution in [0.15, 0.2) is 53.4 Å². The first kappa shape index (κ1) is 23.5. The largest absolute Gasteiger partial charge is 0.495 e. The van der Waals surface area contributed by atoms with E-state index in [9.17, 15) is 14.4 Å². The zero-order valence-electron chi connectivity index (χ0n) is 19.8. The van der Waals surface area contributed by atoms with Gasteiger partial charge >= 0.3 is 0 Å². The van der Waals surface area contributed by atoms with Crippen molar-refractivity contribution in [2.45, 2.75) is 23.0 Å². The SMILES string of the molecule is COc1ccccc1N1CCN(C(=O)C2CCN(C(=O)C3Sc4ccccc4NC3=O)CC2)CC1. The van der Waals surface area contributed by atoms with Gasteiger partial charge in [-0.25, -0.2) is 0 Å². The Balaban J connectivity index is 1.13. The fraction of sp³-hybridized carbons (Fsp3) is 0.423. The zero-order chi connectivity index (χ0) is 24.4. The van der Waals surface area contributed by atoms with Crippen LogP contribution in [0.5, 0.6) is 5.75 Å². The first-order chi connectivity index (χ1) is 17.0. The molecule has 1 unspecified atom stereocenters. The predicted octanol–water partition coefficient (Wildman–Crippen LogP) is 2.70. The first-order valence-corrected chi connectivity index (χ1v) is 12.9. The van der Waals surface area contributed by atoms with Gasteiger partial charge < -0.3 is 24.8 Å². The van der Waals surface area contributed by atoms with Gasteiger partial charge in [-0.05, 0) is 37.1 Å². The van der Waals surface area contributed by atoms with Crippen molar-refractivity contribution < 1.29 is 19.1 Å². The quantitative estimate of drug-likeness (QED) is 0.659. The fourth-order valence-electron chi connectivity index (χ4n) is 5.04. The lowest BCUT2D eigenvalue weighted by Crippen LogP contribution is -2.53. The monoisotopic (exact) mass is 494 g/mol. The third-order valence-corrected chi connectivity index (χ3v) is 8.29. The second kappa shape index (κ2) is 10.2. The average molecular weight is 495 g/mol. The summed E-state index contributed by atoms with van der Waals surface area (Å²) in [5.74, 6) is 0.502. The molecule has 184 valence electrons. The maximum Gasteiger partial charge on any atom is 0.247 e. The van der Waals surface area contributed by atoms with Crippen LogP contribution in [-0.2, 0) is 14.4 Å². The van der Waals surface area contributed by atoms with Crippen molar-refractivity contribution in [1.82, 2.24) is 9.80 Å². The van der Waals surface area contributed by atoms with Crippen LogP contribution in [0, 0.1) is 5.92 Å². The van der Waals surface area contributed by atoms with E-state index in [1.165, 1.54) is 11.8 Å². The molecule has 0 aliphatic carbocycles. The lowest BCUT2D eigenvalue weighted by atomic mass is 9.94. The van der Waals surface area contributed by atoms with Gasteiger partial charge in [-0.2, -0.15) is 0 Å². The van der Waals surface area contributed by atoms with Crippen LogP contribution in [0.3, 0.4) is 0 Å². The van der Waals surface area contributed by atoms with Gasteiger partial charge in [0.25, 0.3) is 0 Å². The van der Waals surface area contributed by atoms with Crippen molar-refractivity contribution >= 4 is 40.9 Å². The second-order valence-electron chi connectivity index (χ2n) is 9.07. The van der Waals surface area contributed by atoms with Crippen LogP contribution in [0.2, 0.25) is 0 Å².